The molecule has 0 unspecified atom stereocenters. The first-order chi connectivity index (χ1) is 17.9. The molecule has 9 heteroatoms. The van der Waals surface area contributed by atoms with E-state index in [1.54, 1.807) is 23.0 Å². The summed E-state index contributed by atoms with van der Waals surface area (Å²) in [5.41, 5.74) is 4.88. The molecular formula is C28H29ClN6O2. The normalized spacial score (nSPS) is 26.2. The van der Waals surface area contributed by atoms with Gasteiger partial charge in [-0.1, -0.05) is 17.7 Å². The molecule has 0 amide bonds. The number of nitrogens with zero attached hydrogens (tertiary/aromatic N) is 6. The lowest BCUT2D eigenvalue weighted by atomic mass is 9.49. The number of halogens is 1. The van der Waals surface area contributed by atoms with Gasteiger partial charge in [0.1, 0.15) is 11.8 Å². The Labute approximate surface area is 220 Å². The van der Waals surface area contributed by atoms with Crippen molar-refractivity contribution >= 4 is 28.6 Å². The summed E-state index contributed by atoms with van der Waals surface area (Å²) in [6, 6.07) is 7.35. The summed E-state index contributed by atoms with van der Waals surface area (Å²) in [7, 11) is 1.40. The molecule has 0 aliphatic heterocycles. The maximum absolute atomic E-state index is 13.1. The van der Waals surface area contributed by atoms with Gasteiger partial charge in [-0.2, -0.15) is 5.10 Å². The van der Waals surface area contributed by atoms with Gasteiger partial charge in [0, 0.05) is 23.4 Å². The van der Waals surface area contributed by atoms with Gasteiger partial charge in [-0.3, -0.25) is 9.25 Å². The number of carbonyl (C=O) groups is 1. The van der Waals surface area contributed by atoms with Crippen LogP contribution < -0.4 is 0 Å². The third-order valence-corrected chi connectivity index (χ3v) is 9.22. The quantitative estimate of drug-likeness (QED) is 0.319. The molecule has 0 N–H and O–H groups in total. The van der Waals surface area contributed by atoms with E-state index < -0.39 is 5.97 Å². The topological polar surface area (TPSA) is 87.7 Å². The van der Waals surface area contributed by atoms with Crippen LogP contribution in [0.1, 0.15) is 54.6 Å². The number of methoxy groups -OCH3 is 1. The highest BCUT2D eigenvalue weighted by molar-refractivity contribution is 6.29. The molecular weight excluding hydrogens is 488 g/mol. The lowest BCUT2D eigenvalue weighted by molar-refractivity contribution is -0.0638. The maximum atomic E-state index is 13.1. The number of carbonyl (C=O) groups excluding carboxylic acids is 1. The second-order valence-electron chi connectivity index (χ2n) is 11.4. The molecule has 1 aromatic carbocycles. The highest BCUT2D eigenvalue weighted by atomic mass is 35.5. The van der Waals surface area contributed by atoms with E-state index in [2.05, 4.69) is 26.8 Å². The van der Waals surface area contributed by atoms with E-state index in [1.807, 2.05) is 18.3 Å². The first-order valence-corrected chi connectivity index (χ1v) is 13.4. The van der Waals surface area contributed by atoms with Gasteiger partial charge in [-0.15, -0.1) is 10.2 Å². The van der Waals surface area contributed by atoms with Gasteiger partial charge in [0.2, 0.25) is 0 Å². The van der Waals surface area contributed by atoms with Crippen LogP contribution in [0.25, 0.3) is 28.0 Å². The third-order valence-electron chi connectivity index (χ3n) is 9.02. The van der Waals surface area contributed by atoms with Crippen molar-refractivity contribution in [3.05, 3.63) is 53.2 Å². The van der Waals surface area contributed by atoms with Gasteiger partial charge < -0.3 is 4.74 Å². The van der Waals surface area contributed by atoms with E-state index >= 15 is 0 Å². The molecule has 0 atom stereocenters. The molecule has 4 aliphatic carbocycles. The second-order valence-corrected chi connectivity index (χ2v) is 11.8. The maximum Gasteiger partial charge on any atom is 0.340 e. The predicted octanol–water partition coefficient (Wildman–Crippen LogP) is 5.64. The lowest BCUT2D eigenvalue weighted by Gasteiger charge is -2.56. The van der Waals surface area contributed by atoms with Gasteiger partial charge in [0.15, 0.2) is 11.0 Å². The van der Waals surface area contributed by atoms with Crippen molar-refractivity contribution in [1.29, 1.82) is 0 Å². The van der Waals surface area contributed by atoms with Crippen LogP contribution in [0.4, 0.5) is 0 Å². The number of hydrogen-bond acceptors (Lipinski definition) is 6. The van der Waals surface area contributed by atoms with Gasteiger partial charge in [0.25, 0.3) is 0 Å². The molecule has 3 heterocycles. The zero-order valence-corrected chi connectivity index (χ0v) is 21.8. The Morgan fingerprint density at radius 3 is 2.43 bits per heavy atom. The lowest BCUT2D eigenvalue weighted by Crippen LogP contribution is -2.48. The van der Waals surface area contributed by atoms with Crippen LogP contribution in [0.2, 0.25) is 5.15 Å². The number of imidazole rings is 1. The Bertz CT molecular complexity index is 1490. The predicted molar refractivity (Wildman–Crippen MR) is 140 cm³/mol. The van der Waals surface area contributed by atoms with E-state index in [9.17, 15) is 4.79 Å². The molecule has 8 rings (SSSR count). The van der Waals surface area contributed by atoms with Gasteiger partial charge >= 0.3 is 5.97 Å². The number of benzene rings is 1. The number of fused-ring (bicyclic) bond motifs is 1. The van der Waals surface area contributed by atoms with Crippen LogP contribution in [-0.2, 0) is 11.3 Å². The van der Waals surface area contributed by atoms with Crippen molar-refractivity contribution < 1.29 is 9.53 Å². The number of hydrogen-bond donors (Lipinski definition) is 0. The zero-order chi connectivity index (χ0) is 25.3. The van der Waals surface area contributed by atoms with E-state index in [1.165, 1.54) is 45.6 Å². The van der Waals surface area contributed by atoms with E-state index in [4.69, 9.17) is 21.4 Å². The molecule has 4 saturated carbocycles. The minimum atomic E-state index is -0.429. The number of aromatic nitrogens is 6. The fourth-order valence-electron chi connectivity index (χ4n) is 7.91. The van der Waals surface area contributed by atoms with Gasteiger partial charge in [-0.05, 0) is 86.8 Å². The monoisotopic (exact) mass is 516 g/mol. The van der Waals surface area contributed by atoms with Crippen molar-refractivity contribution in [3.63, 3.8) is 0 Å². The smallest absolute Gasteiger partial charge is 0.340 e. The molecule has 37 heavy (non-hydrogen) atoms. The summed E-state index contributed by atoms with van der Waals surface area (Å²) in [5, 5.41) is 13.3. The van der Waals surface area contributed by atoms with Crippen molar-refractivity contribution in [1.82, 2.24) is 29.5 Å². The second kappa shape index (κ2) is 8.38. The largest absolute Gasteiger partial charge is 0.465 e. The number of esters is 1. The molecule has 8 nitrogen and oxygen atoms in total. The average molecular weight is 517 g/mol. The Morgan fingerprint density at radius 2 is 1.78 bits per heavy atom. The summed E-state index contributed by atoms with van der Waals surface area (Å²) < 4.78 is 9.18. The van der Waals surface area contributed by atoms with Crippen molar-refractivity contribution in [2.24, 2.45) is 23.2 Å². The van der Waals surface area contributed by atoms with Crippen LogP contribution in [0.3, 0.4) is 0 Å². The summed E-state index contributed by atoms with van der Waals surface area (Å²) >= 11 is 5.91. The van der Waals surface area contributed by atoms with Gasteiger partial charge in [0.05, 0.1) is 24.4 Å². The Balaban J connectivity index is 1.28. The minimum Gasteiger partial charge on any atom is -0.465 e. The molecule has 0 saturated heterocycles. The Kier molecular flexibility index (Phi) is 5.19. The molecule has 4 aliphatic rings. The summed E-state index contributed by atoms with van der Waals surface area (Å²) in [5.74, 6) is 2.83. The SMILES string of the molecule is COC(=O)c1c(-c2cnn(CC34CC5CC(CC(C5)C3)C4)c2C)ccc2c1ncn2-c1ccc(Cl)nn1. The Morgan fingerprint density at radius 1 is 1.05 bits per heavy atom. The van der Waals surface area contributed by atoms with Crippen LogP contribution in [-0.4, -0.2) is 42.6 Å². The molecule has 190 valence electrons. The van der Waals surface area contributed by atoms with Crippen LogP contribution >= 0.6 is 11.6 Å². The summed E-state index contributed by atoms with van der Waals surface area (Å²) in [4.78, 5) is 17.7. The molecule has 4 fully saturated rings. The molecule has 0 spiro atoms. The Hall–Kier alpha value is -3.26. The number of rotatable bonds is 5. The van der Waals surface area contributed by atoms with Crippen molar-refractivity contribution in [2.45, 2.75) is 52.0 Å². The first-order valence-electron chi connectivity index (χ1n) is 13.0. The zero-order valence-electron chi connectivity index (χ0n) is 21.0. The average Bonchev–Trinajstić information content (AvgIpc) is 3.46. The molecule has 4 aromatic rings. The van der Waals surface area contributed by atoms with Crippen LogP contribution in [0.5, 0.6) is 0 Å². The van der Waals surface area contributed by atoms with Gasteiger partial charge in [-0.25, -0.2) is 9.78 Å². The fourth-order valence-corrected chi connectivity index (χ4v) is 8.01. The first kappa shape index (κ1) is 22.9. The summed E-state index contributed by atoms with van der Waals surface area (Å²) in [6.45, 7) is 3.07. The van der Waals surface area contributed by atoms with E-state index in [-0.39, 0.29) is 0 Å². The van der Waals surface area contributed by atoms with Crippen LogP contribution in [0, 0.1) is 30.1 Å². The highest BCUT2D eigenvalue weighted by Crippen LogP contribution is 2.60. The van der Waals surface area contributed by atoms with E-state index in [0.29, 0.717) is 27.5 Å². The highest BCUT2D eigenvalue weighted by Gasteiger charge is 2.51. The van der Waals surface area contributed by atoms with Crippen LogP contribution in [0.15, 0.2) is 36.8 Å². The minimum absolute atomic E-state index is 0.312. The standard InChI is InChI=1S/C28H29ClN6O2/c1-16-21(13-31-35(16)14-28-10-17-7-18(11-28)9-19(8-17)12-28)20-3-4-22-26(25(20)27(36)37-2)30-15-34(22)24-6-5-23(29)32-33-24/h3-6,13,15,17-19H,7-12,14H2,1-2H3. The van der Waals surface area contributed by atoms with Crippen molar-refractivity contribution in [3.8, 4) is 16.9 Å². The third kappa shape index (κ3) is 3.68. The fraction of sp³-hybridized carbons (Fsp3) is 0.464. The van der Waals surface area contributed by atoms with Crippen molar-refractivity contribution in [2.75, 3.05) is 7.11 Å². The molecule has 3 aromatic heterocycles. The van der Waals surface area contributed by atoms with E-state index in [0.717, 1.165) is 46.6 Å². The number of ether oxygens (including phenoxy) is 1. The summed E-state index contributed by atoms with van der Waals surface area (Å²) in [6.07, 6.45) is 11.8. The molecule has 0 radical (unpaired) electrons. The molecule has 4 bridgehead atoms.